The minimum absolute atomic E-state index is 0.0749. The van der Waals surface area contributed by atoms with Crippen molar-refractivity contribution < 1.29 is 9.53 Å². The number of nitrogens with one attached hydrogen (secondary N) is 1. The summed E-state index contributed by atoms with van der Waals surface area (Å²) in [6.07, 6.45) is 0.612. The predicted octanol–water partition coefficient (Wildman–Crippen LogP) is 1.81. The van der Waals surface area contributed by atoms with Crippen molar-refractivity contribution in [3.8, 4) is 0 Å². The number of benzene rings is 1. The molecule has 1 atom stereocenters. The maximum Gasteiger partial charge on any atom is 0.250 e. The van der Waals surface area contributed by atoms with Crippen LogP contribution in [-0.2, 0) is 16.0 Å². The Hall–Kier alpha value is -1.66. The van der Waals surface area contributed by atoms with E-state index in [9.17, 15) is 4.79 Å². The Labute approximate surface area is 127 Å². The van der Waals surface area contributed by atoms with Crippen molar-refractivity contribution in [1.29, 1.82) is 0 Å². The van der Waals surface area contributed by atoms with Crippen molar-refractivity contribution in [2.24, 2.45) is 0 Å². The van der Waals surface area contributed by atoms with Crippen molar-refractivity contribution in [1.82, 2.24) is 10.3 Å². The number of amides is 1. The lowest BCUT2D eigenvalue weighted by Crippen LogP contribution is -2.49. The molecule has 6 heteroatoms. The van der Waals surface area contributed by atoms with Gasteiger partial charge in [-0.05, 0) is 24.1 Å². The Morgan fingerprint density at radius 1 is 1.57 bits per heavy atom. The second-order valence-corrected chi connectivity index (χ2v) is 6.08. The van der Waals surface area contributed by atoms with Crippen LogP contribution in [0.15, 0.2) is 18.2 Å². The molecule has 1 unspecified atom stereocenters. The van der Waals surface area contributed by atoms with E-state index in [0.29, 0.717) is 13.2 Å². The predicted molar refractivity (Wildman–Crippen MR) is 85.0 cm³/mol. The largest absolute Gasteiger partial charge is 0.365 e. The number of aryl methyl sites for hydroxylation is 1. The Bertz CT molecular complexity index is 655. The molecular weight excluding hydrogens is 286 g/mol. The van der Waals surface area contributed by atoms with Gasteiger partial charge in [-0.15, -0.1) is 0 Å². The number of rotatable bonds is 3. The first kappa shape index (κ1) is 14.3. The number of thiazole rings is 1. The van der Waals surface area contributed by atoms with E-state index in [2.05, 4.69) is 40.3 Å². The molecule has 2 aromatic rings. The van der Waals surface area contributed by atoms with Crippen LogP contribution in [-0.4, -0.2) is 43.7 Å². The summed E-state index contributed by atoms with van der Waals surface area (Å²) in [5, 5.41) is 3.61. The highest BCUT2D eigenvalue weighted by Crippen LogP contribution is 2.30. The molecule has 0 bridgehead atoms. The first-order chi connectivity index (χ1) is 10.2. The number of aromatic nitrogens is 1. The fourth-order valence-electron chi connectivity index (χ4n) is 2.45. The van der Waals surface area contributed by atoms with Gasteiger partial charge in [-0.3, -0.25) is 4.79 Å². The zero-order valence-corrected chi connectivity index (χ0v) is 13.1. The van der Waals surface area contributed by atoms with Gasteiger partial charge >= 0.3 is 0 Å². The number of morpholine rings is 1. The van der Waals surface area contributed by atoms with Crippen LogP contribution in [0.4, 0.5) is 5.13 Å². The lowest BCUT2D eigenvalue weighted by molar-refractivity contribution is -0.132. The highest BCUT2D eigenvalue weighted by atomic mass is 32.1. The van der Waals surface area contributed by atoms with Gasteiger partial charge in [-0.2, -0.15) is 0 Å². The van der Waals surface area contributed by atoms with Gasteiger partial charge in [0.15, 0.2) is 11.2 Å². The van der Waals surface area contributed by atoms with Crippen LogP contribution in [0.5, 0.6) is 0 Å². The monoisotopic (exact) mass is 305 g/mol. The number of nitrogens with zero attached hydrogens (tertiary/aromatic N) is 2. The van der Waals surface area contributed by atoms with Crippen molar-refractivity contribution in [3.05, 3.63) is 23.8 Å². The molecule has 2 heterocycles. The van der Waals surface area contributed by atoms with Crippen molar-refractivity contribution in [2.45, 2.75) is 19.4 Å². The lowest BCUT2D eigenvalue weighted by atomic mass is 10.2. The summed E-state index contributed by atoms with van der Waals surface area (Å²) < 4.78 is 6.72. The summed E-state index contributed by atoms with van der Waals surface area (Å²) in [7, 11) is 1.63. The summed E-state index contributed by atoms with van der Waals surface area (Å²) >= 11 is 1.68. The van der Waals surface area contributed by atoms with E-state index < -0.39 is 6.10 Å². The minimum atomic E-state index is -0.415. The van der Waals surface area contributed by atoms with Gasteiger partial charge < -0.3 is 15.0 Å². The molecular formula is C15H19N3O2S. The van der Waals surface area contributed by atoms with E-state index in [-0.39, 0.29) is 5.91 Å². The first-order valence-corrected chi connectivity index (χ1v) is 8.00. The SMILES string of the molecule is CCc1ccc2nc(N3CCOC(C(=O)NC)C3)sc2c1. The van der Waals surface area contributed by atoms with E-state index in [1.807, 2.05) is 0 Å². The van der Waals surface area contributed by atoms with Crippen LogP contribution in [0.2, 0.25) is 0 Å². The van der Waals surface area contributed by atoms with Crippen LogP contribution in [0.3, 0.4) is 0 Å². The fraction of sp³-hybridized carbons (Fsp3) is 0.467. The van der Waals surface area contributed by atoms with Crippen LogP contribution < -0.4 is 10.2 Å². The zero-order valence-electron chi connectivity index (χ0n) is 12.3. The number of likely N-dealkylation sites (N-methyl/N-ethyl adjacent to an activating group) is 1. The van der Waals surface area contributed by atoms with E-state index >= 15 is 0 Å². The molecule has 0 aliphatic carbocycles. The highest BCUT2D eigenvalue weighted by Gasteiger charge is 2.27. The van der Waals surface area contributed by atoms with Crippen LogP contribution in [0.1, 0.15) is 12.5 Å². The summed E-state index contributed by atoms with van der Waals surface area (Å²) in [5.41, 5.74) is 2.35. The third kappa shape index (κ3) is 2.87. The van der Waals surface area contributed by atoms with E-state index in [0.717, 1.165) is 23.6 Å². The molecule has 112 valence electrons. The van der Waals surface area contributed by atoms with E-state index in [1.165, 1.54) is 10.3 Å². The Morgan fingerprint density at radius 3 is 3.19 bits per heavy atom. The molecule has 3 rings (SSSR count). The molecule has 0 saturated carbocycles. The normalized spacial score (nSPS) is 19.0. The number of hydrogen-bond donors (Lipinski definition) is 1. The first-order valence-electron chi connectivity index (χ1n) is 7.19. The second kappa shape index (κ2) is 5.99. The smallest absolute Gasteiger partial charge is 0.250 e. The van der Waals surface area contributed by atoms with Gasteiger partial charge in [0.1, 0.15) is 0 Å². The topological polar surface area (TPSA) is 54.5 Å². The molecule has 1 saturated heterocycles. The number of hydrogen-bond acceptors (Lipinski definition) is 5. The maximum atomic E-state index is 11.7. The van der Waals surface area contributed by atoms with Crippen LogP contribution in [0, 0.1) is 0 Å². The van der Waals surface area contributed by atoms with Gasteiger partial charge in [-0.25, -0.2) is 4.98 Å². The molecule has 0 spiro atoms. The van der Waals surface area contributed by atoms with Gasteiger partial charge in [0, 0.05) is 13.6 Å². The molecule has 1 N–H and O–H groups in total. The molecule has 0 radical (unpaired) electrons. The molecule has 1 amide bonds. The maximum absolute atomic E-state index is 11.7. The molecule has 1 aromatic carbocycles. The number of ether oxygens (including phenoxy) is 1. The lowest BCUT2D eigenvalue weighted by Gasteiger charge is -2.31. The molecule has 1 aliphatic rings. The third-order valence-electron chi connectivity index (χ3n) is 3.73. The van der Waals surface area contributed by atoms with Gasteiger partial charge in [0.2, 0.25) is 0 Å². The van der Waals surface area contributed by atoms with Gasteiger partial charge in [0.05, 0.1) is 23.4 Å². The van der Waals surface area contributed by atoms with Crippen molar-refractivity contribution in [3.63, 3.8) is 0 Å². The van der Waals surface area contributed by atoms with Crippen molar-refractivity contribution >= 4 is 32.6 Å². The zero-order chi connectivity index (χ0) is 14.8. The number of carbonyl (C=O) groups excluding carboxylic acids is 1. The molecule has 1 aromatic heterocycles. The Balaban J connectivity index is 1.84. The summed E-state index contributed by atoms with van der Waals surface area (Å²) in [6.45, 7) is 4.03. The van der Waals surface area contributed by atoms with Crippen LogP contribution >= 0.6 is 11.3 Å². The standard InChI is InChI=1S/C15H19N3O2S/c1-3-10-4-5-11-13(8-10)21-15(17-11)18-6-7-20-12(9-18)14(19)16-2/h4-5,8,12H,3,6-7,9H2,1-2H3,(H,16,19). The van der Waals surface area contributed by atoms with Gasteiger partial charge in [-0.1, -0.05) is 24.3 Å². The third-order valence-corrected chi connectivity index (χ3v) is 4.80. The second-order valence-electron chi connectivity index (χ2n) is 5.07. The Morgan fingerprint density at radius 2 is 2.43 bits per heavy atom. The molecule has 1 fully saturated rings. The summed E-state index contributed by atoms with van der Waals surface area (Å²) in [4.78, 5) is 18.5. The average molecular weight is 305 g/mol. The van der Waals surface area contributed by atoms with Crippen LogP contribution in [0.25, 0.3) is 10.2 Å². The van der Waals surface area contributed by atoms with Crippen molar-refractivity contribution in [2.75, 3.05) is 31.6 Å². The Kier molecular flexibility index (Phi) is 4.07. The molecule has 1 aliphatic heterocycles. The average Bonchev–Trinajstić information content (AvgIpc) is 2.97. The quantitative estimate of drug-likeness (QED) is 0.939. The van der Waals surface area contributed by atoms with E-state index in [4.69, 9.17) is 4.74 Å². The number of anilines is 1. The summed E-state index contributed by atoms with van der Waals surface area (Å²) in [5.74, 6) is -0.0749. The minimum Gasteiger partial charge on any atom is -0.365 e. The summed E-state index contributed by atoms with van der Waals surface area (Å²) in [6, 6.07) is 6.40. The van der Waals surface area contributed by atoms with Gasteiger partial charge in [0.25, 0.3) is 5.91 Å². The molecule has 5 nitrogen and oxygen atoms in total. The fourth-order valence-corrected chi connectivity index (χ4v) is 3.52. The van der Waals surface area contributed by atoms with E-state index in [1.54, 1.807) is 18.4 Å². The molecule has 21 heavy (non-hydrogen) atoms. The number of fused-ring (bicyclic) bond motifs is 1. The highest BCUT2D eigenvalue weighted by molar-refractivity contribution is 7.22. The number of carbonyl (C=O) groups is 1.